The van der Waals surface area contributed by atoms with Crippen molar-refractivity contribution >= 4 is 11.9 Å². The van der Waals surface area contributed by atoms with Crippen molar-refractivity contribution in [3.05, 3.63) is 65.2 Å². The maximum absolute atomic E-state index is 12.6. The van der Waals surface area contributed by atoms with Crippen LogP contribution in [0.4, 0.5) is 13.2 Å². The molecular formula is C21H25F3N4O2. The number of guanidine groups is 1. The van der Waals surface area contributed by atoms with Gasteiger partial charge in [-0.25, -0.2) is 4.99 Å². The van der Waals surface area contributed by atoms with E-state index in [-0.39, 0.29) is 19.0 Å². The highest BCUT2D eigenvalue weighted by Gasteiger charge is 2.29. The number of hydrogen-bond donors (Lipinski definition) is 3. The summed E-state index contributed by atoms with van der Waals surface area (Å²) in [6, 6.07) is 12.2. The molecule has 0 saturated heterocycles. The summed E-state index contributed by atoms with van der Waals surface area (Å²) >= 11 is 0. The number of methoxy groups -OCH3 is 1. The van der Waals surface area contributed by atoms with E-state index in [1.165, 1.54) is 12.1 Å². The van der Waals surface area contributed by atoms with Crippen molar-refractivity contribution < 1.29 is 22.7 Å². The predicted octanol–water partition coefficient (Wildman–Crippen LogP) is 3.09. The lowest BCUT2D eigenvalue weighted by Crippen LogP contribution is -2.43. The van der Waals surface area contributed by atoms with Crippen molar-refractivity contribution in [1.29, 1.82) is 0 Å². The van der Waals surface area contributed by atoms with Gasteiger partial charge in [0.25, 0.3) is 0 Å². The van der Waals surface area contributed by atoms with Crippen LogP contribution in [0.2, 0.25) is 0 Å². The summed E-state index contributed by atoms with van der Waals surface area (Å²) in [5, 5.41) is 8.70. The lowest BCUT2D eigenvalue weighted by atomic mass is 10.1. The first-order chi connectivity index (χ1) is 14.3. The number of ether oxygens (including phenoxy) is 1. The number of aliphatic imine (C=N–C) groups is 1. The van der Waals surface area contributed by atoms with E-state index in [1.807, 2.05) is 31.2 Å². The molecule has 0 fully saturated rings. The Balaban J connectivity index is 1.84. The Kier molecular flexibility index (Phi) is 8.52. The monoisotopic (exact) mass is 422 g/mol. The molecule has 0 aromatic heterocycles. The molecule has 1 amide bonds. The molecule has 2 aromatic rings. The number of benzene rings is 2. The van der Waals surface area contributed by atoms with Crippen LogP contribution in [-0.2, 0) is 24.1 Å². The summed E-state index contributed by atoms with van der Waals surface area (Å²) in [7, 11) is 1.59. The van der Waals surface area contributed by atoms with E-state index in [1.54, 1.807) is 7.11 Å². The zero-order valence-electron chi connectivity index (χ0n) is 16.8. The van der Waals surface area contributed by atoms with Crippen LogP contribution in [0.1, 0.15) is 23.6 Å². The fraction of sp³-hybridized carbons (Fsp3) is 0.333. The van der Waals surface area contributed by atoms with Crippen molar-refractivity contribution in [2.45, 2.75) is 26.2 Å². The Morgan fingerprint density at radius 1 is 0.967 bits per heavy atom. The number of alkyl halides is 3. The van der Waals surface area contributed by atoms with Gasteiger partial charge in [0.1, 0.15) is 5.75 Å². The zero-order chi connectivity index (χ0) is 22.0. The van der Waals surface area contributed by atoms with Crippen molar-refractivity contribution in [2.24, 2.45) is 4.99 Å². The number of nitrogens with zero attached hydrogens (tertiary/aromatic N) is 1. The average molecular weight is 422 g/mol. The first-order valence-corrected chi connectivity index (χ1v) is 9.39. The third-order valence-electron chi connectivity index (χ3n) is 4.11. The molecule has 6 nitrogen and oxygen atoms in total. The minimum absolute atomic E-state index is 0.00893. The first kappa shape index (κ1) is 23.1. The quantitative estimate of drug-likeness (QED) is 0.452. The molecule has 0 aliphatic carbocycles. The molecule has 0 spiro atoms. The summed E-state index contributed by atoms with van der Waals surface area (Å²) in [5.74, 6) is 0.925. The van der Waals surface area contributed by atoms with Crippen LogP contribution < -0.4 is 20.7 Å². The van der Waals surface area contributed by atoms with Crippen molar-refractivity contribution in [3.63, 3.8) is 0 Å². The third-order valence-corrected chi connectivity index (χ3v) is 4.11. The third kappa shape index (κ3) is 7.65. The van der Waals surface area contributed by atoms with E-state index in [4.69, 9.17) is 4.74 Å². The lowest BCUT2D eigenvalue weighted by molar-refractivity contribution is -0.137. The van der Waals surface area contributed by atoms with Crippen LogP contribution >= 0.6 is 0 Å². The van der Waals surface area contributed by atoms with E-state index in [2.05, 4.69) is 20.9 Å². The average Bonchev–Trinajstić information content (AvgIpc) is 2.74. The highest BCUT2D eigenvalue weighted by atomic mass is 19.4. The van der Waals surface area contributed by atoms with Crippen LogP contribution in [-0.4, -0.2) is 32.1 Å². The van der Waals surface area contributed by atoms with Gasteiger partial charge >= 0.3 is 6.18 Å². The Morgan fingerprint density at radius 3 is 2.17 bits per heavy atom. The largest absolute Gasteiger partial charge is 0.497 e. The summed E-state index contributed by atoms with van der Waals surface area (Å²) in [6.45, 7) is 3.02. The van der Waals surface area contributed by atoms with Gasteiger partial charge in [-0.2, -0.15) is 13.2 Å². The van der Waals surface area contributed by atoms with Gasteiger partial charge in [0.15, 0.2) is 5.96 Å². The van der Waals surface area contributed by atoms with E-state index in [0.29, 0.717) is 24.6 Å². The number of carbonyl (C=O) groups excluding carboxylic acids is 1. The van der Waals surface area contributed by atoms with Crippen LogP contribution in [0.15, 0.2) is 53.5 Å². The van der Waals surface area contributed by atoms with Gasteiger partial charge in [0, 0.05) is 13.1 Å². The van der Waals surface area contributed by atoms with Gasteiger partial charge < -0.3 is 20.7 Å². The molecule has 0 unspecified atom stereocenters. The standard InChI is InChI=1S/C21H25F3N4O2/c1-3-25-20(27-13-15-4-8-17(9-5-15)21(22,23)24)28-14-19(29)26-12-16-6-10-18(30-2)11-7-16/h4-11H,3,12-14H2,1-2H3,(H,26,29)(H2,25,27,28). The van der Waals surface area contributed by atoms with Gasteiger partial charge in [0.2, 0.25) is 5.91 Å². The Morgan fingerprint density at radius 2 is 1.60 bits per heavy atom. The van der Waals surface area contributed by atoms with Crippen LogP contribution in [0.5, 0.6) is 5.75 Å². The molecule has 0 bridgehead atoms. The summed E-state index contributed by atoms with van der Waals surface area (Å²) in [5.41, 5.74) is 0.866. The molecule has 162 valence electrons. The molecule has 0 atom stereocenters. The molecule has 0 aliphatic heterocycles. The fourth-order valence-electron chi connectivity index (χ4n) is 2.48. The highest BCUT2D eigenvalue weighted by molar-refractivity contribution is 5.86. The molecule has 2 aromatic carbocycles. The predicted molar refractivity (Wildman–Crippen MR) is 109 cm³/mol. The van der Waals surface area contributed by atoms with Crippen molar-refractivity contribution in [3.8, 4) is 5.75 Å². The van der Waals surface area contributed by atoms with E-state index in [0.717, 1.165) is 23.4 Å². The fourth-order valence-corrected chi connectivity index (χ4v) is 2.48. The van der Waals surface area contributed by atoms with Crippen LogP contribution in [0.3, 0.4) is 0 Å². The van der Waals surface area contributed by atoms with E-state index in [9.17, 15) is 18.0 Å². The van der Waals surface area contributed by atoms with Gasteiger partial charge in [-0.3, -0.25) is 4.79 Å². The molecule has 9 heteroatoms. The maximum Gasteiger partial charge on any atom is 0.416 e. The van der Waals surface area contributed by atoms with Gasteiger partial charge in [-0.15, -0.1) is 0 Å². The second kappa shape index (κ2) is 11.1. The molecule has 3 N–H and O–H groups in total. The normalized spacial score (nSPS) is 11.7. The zero-order valence-corrected chi connectivity index (χ0v) is 16.8. The Hall–Kier alpha value is -3.23. The highest BCUT2D eigenvalue weighted by Crippen LogP contribution is 2.29. The summed E-state index contributed by atoms with van der Waals surface area (Å²) < 4.78 is 43.0. The number of amides is 1. The molecule has 30 heavy (non-hydrogen) atoms. The lowest BCUT2D eigenvalue weighted by Gasteiger charge is -2.12. The van der Waals surface area contributed by atoms with Crippen molar-refractivity contribution in [2.75, 3.05) is 20.2 Å². The Labute approximate surface area is 173 Å². The minimum atomic E-state index is -4.36. The number of halogens is 3. The van der Waals surface area contributed by atoms with Gasteiger partial charge in [-0.1, -0.05) is 24.3 Å². The summed E-state index contributed by atoms with van der Waals surface area (Å²) in [4.78, 5) is 16.4. The van der Waals surface area contributed by atoms with Gasteiger partial charge in [0.05, 0.1) is 25.8 Å². The van der Waals surface area contributed by atoms with Crippen LogP contribution in [0, 0.1) is 0 Å². The molecule has 0 radical (unpaired) electrons. The summed E-state index contributed by atoms with van der Waals surface area (Å²) in [6.07, 6.45) is -4.36. The second-order valence-corrected chi connectivity index (χ2v) is 6.37. The number of rotatable bonds is 8. The topological polar surface area (TPSA) is 74.8 Å². The number of carbonyl (C=O) groups is 1. The molecule has 0 saturated carbocycles. The van der Waals surface area contributed by atoms with Gasteiger partial charge in [-0.05, 0) is 42.3 Å². The SMILES string of the molecule is CCNC(=NCc1ccc(C(F)(F)F)cc1)NCC(=O)NCc1ccc(OC)cc1. The maximum atomic E-state index is 12.6. The smallest absolute Gasteiger partial charge is 0.416 e. The molecule has 0 aliphatic rings. The Bertz CT molecular complexity index is 835. The second-order valence-electron chi connectivity index (χ2n) is 6.37. The van der Waals surface area contributed by atoms with Crippen molar-refractivity contribution in [1.82, 2.24) is 16.0 Å². The van der Waals surface area contributed by atoms with Crippen LogP contribution in [0.25, 0.3) is 0 Å². The number of hydrogen-bond acceptors (Lipinski definition) is 3. The minimum Gasteiger partial charge on any atom is -0.497 e. The molecular weight excluding hydrogens is 397 g/mol. The molecule has 0 heterocycles. The van der Waals surface area contributed by atoms with E-state index < -0.39 is 11.7 Å². The van der Waals surface area contributed by atoms with E-state index >= 15 is 0 Å². The first-order valence-electron chi connectivity index (χ1n) is 9.39. The molecule has 2 rings (SSSR count). The number of nitrogens with one attached hydrogen (secondary N) is 3.